The Balaban J connectivity index is 1.22. The van der Waals surface area contributed by atoms with Gasteiger partial charge in [-0.3, -0.25) is 4.68 Å². The molecule has 0 saturated carbocycles. The number of oxazole rings is 1. The largest absolute Gasteiger partial charge is 0.487 e. The summed E-state index contributed by atoms with van der Waals surface area (Å²) in [4.78, 5) is 3.99. The molecule has 0 fully saturated rings. The number of rotatable bonds is 11. The Bertz CT molecular complexity index is 1290. The molecule has 0 bridgehead atoms. The summed E-state index contributed by atoms with van der Waals surface area (Å²) < 4.78 is 67.4. The molecule has 36 heavy (non-hydrogen) atoms. The SMILES string of the molecule is O=S(c1ccc(C=Cc2nc(COc3ccc(COCCn4ccnn4)cc3)co2)cc1)C(F)(F)F. The van der Waals surface area contributed by atoms with Gasteiger partial charge in [0.2, 0.25) is 5.89 Å². The molecule has 0 aliphatic rings. The Morgan fingerprint density at radius 3 is 2.50 bits per heavy atom. The first-order valence-electron chi connectivity index (χ1n) is 10.7. The molecule has 1 atom stereocenters. The lowest BCUT2D eigenvalue weighted by atomic mass is 10.2. The Hall–Kier alpha value is -3.77. The van der Waals surface area contributed by atoms with Gasteiger partial charge in [-0.15, -0.1) is 5.10 Å². The van der Waals surface area contributed by atoms with Crippen LogP contribution < -0.4 is 4.74 Å². The van der Waals surface area contributed by atoms with Crippen molar-refractivity contribution in [3.63, 3.8) is 0 Å². The van der Waals surface area contributed by atoms with Crippen molar-refractivity contribution in [1.29, 1.82) is 0 Å². The van der Waals surface area contributed by atoms with Crippen LogP contribution in [0.15, 0.2) is 76.5 Å². The van der Waals surface area contributed by atoms with Gasteiger partial charge in [0.1, 0.15) is 24.3 Å². The van der Waals surface area contributed by atoms with Crippen molar-refractivity contribution in [3.05, 3.63) is 89.9 Å². The molecule has 0 radical (unpaired) electrons. The molecule has 2 aromatic heterocycles. The predicted molar refractivity (Wildman–Crippen MR) is 125 cm³/mol. The number of hydrogen-bond donors (Lipinski definition) is 0. The van der Waals surface area contributed by atoms with Gasteiger partial charge in [-0.1, -0.05) is 29.5 Å². The van der Waals surface area contributed by atoms with E-state index in [1.54, 1.807) is 29.2 Å². The molecule has 4 aromatic rings. The van der Waals surface area contributed by atoms with Crippen molar-refractivity contribution in [1.82, 2.24) is 20.0 Å². The molecule has 8 nitrogen and oxygen atoms in total. The summed E-state index contributed by atoms with van der Waals surface area (Å²) in [6.45, 7) is 1.82. The van der Waals surface area contributed by atoms with E-state index < -0.39 is 16.3 Å². The topological polar surface area (TPSA) is 92.3 Å². The van der Waals surface area contributed by atoms with Crippen molar-refractivity contribution in [2.45, 2.75) is 30.2 Å². The average Bonchev–Trinajstić information content (AvgIpc) is 3.56. The summed E-state index contributed by atoms with van der Waals surface area (Å²) in [5.74, 6) is 0.979. The highest BCUT2D eigenvalue weighted by Gasteiger charge is 2.37. The molecule has 1 unspecified atom stereocenters. The molecule has 12 heteroatoms. The summed E-state index contributed by atoms with van der Waals surface area (Å²) in [6, 6.07) is 12.7. The van der Waals surface area contributed by atoms with E-state index in [1.165, 1.54) is 30.5 Å². The fraction of sp³-hybridized carbons (Fsp3) is 0.208. The van der Waals surface area contributed by atoms with Gasteiger partial charge >= 0.3 is 5.51 Å². The molecule has 0 aliphatic carbocycles. The standard InChI is InChI=1S/C24H21F3N4O4S/c25-24(26,27)36(32)22-8-3-18(4-9-22)5-10-23-29-20(17-35-23)16-34-21-6-1-19(2-7-21)15-33-14-13-31-12-11-28-30-31/h1-12,17H,13-16H2. The maximum absolute atomic E-state index is 12.5. The molecule has 0 amide bonds. The zero-order valence-corrected chi connectivity index (χ0v) is 19.6. The Labute approximate surface area is 206 Å². The van der Waals surface area contributed by atoms with Crippen molar-refractivity contribution >= 4 is 23.0 Å². The van der Waals surface area contributed by atoms with E-state index in [-0.39, 0.29) is 11.5 Å². The Kier molecular flexibility index (Phi) is 8.28. The second-order valence-corrected chi connectivity index (χ2v) is 8.92. The summed E-state index contributed by atoms with van der Waals surface area (Å²) in [5, 5.41) is 7.61. The van der Waals surface area contributed by atoms with Crippen molar-refractivity contribution in [3.8, 4) is 5.75 Å². The number of hydrogen-bond acceptors (Lipinski definition) is 7. The fourth-order valence-electron chi connectivity index (χ4n) is 3.01. The highest BCUT2D eigenvalue weighted by atomic mass is 32.2. The molecule has 0 aliphatic heterocycles. The number of ether oxygens (including phenoxy) is 2. The van der Waals surface area contributed by atoms with E-state index in [0.717, 1.165) is 5.56 Å². The van der Waals surface area contributed by atoms with Gasteiger partial charge < -0.3 is 13.9 Å². The van der Waals surface area contributed by atoms with Crippen LogP contribution in [0.1, 0.15) is 22.7 Å². The van der Waals surface area contributed by atoms with Crippen LogP contribution in [-0.2, 0) is 35.3 Å². The number of alkyl halides is 3. The lowest BCUT2D eigenvalue weighted by molar-refractivity contribution is -0.0384. The van der Waals surface area contributed by atoms with Gasteiger partial charge in [-0.25, -0.2) is 9.19 Å². The first-order chi connectivity index (χ1) is 17.4. The summed E-state index contributed by atoms with van der Waals surface area (Å²) in [5.41, 5.74) is -2.60. The van der Waals surface area contributed by atoms with Crippen LogP contribution in [0.5, 0.6) is 5.75 Å². The van der Waals surface area contributed by atoms with E-state index in [2.05, 4.69) is 15.3 Å². The predicted octanol–water partition coefficient (Wildman–Crippen LogP) is 4.86. The van der Waals surface area contributed by atoms with E-state index in [0.29, 0.717) is 42.7 Å². The number of nitrogens with zero attached hydrogens (tertiary/aromatic N) is 4. The van der Waals surface area contributed by atoms with Gasteiger partial charge in [0.05, 0.1) is 26.0 Å². The minimum atomic E-state index is -4.79. The molecular formula is C24H21F3N4O4S. The third-order valence-electron chi connectivity index (χ3n) is 4.81. The molecule has 0 spiro atoms. The normalized spacial score (nSPS) is 12.8. The summed E-state index contributed by atoms with van der Waals surface area (Å²) in [6.07, 6.45) is 8.07. The molecule has 2 heterocycles. The number of aromatic nitrogens is 4. The third-order valence-corrected chi connectivity index (χ3v) is 5.93. The molecule has 0 N–H and O–H groups in total. The lowest BCUT2D eigenvalue weighted by Crippen LogP contribution is -2.16. The first kappa shape index (κ1) is 25.3. The minimum absolute atomic E-state index is 0.197. The first-order valence-corrected chi connectivity index (χ1v) is 11.9. The zero-order chi connectivity index (χ0) is 25.4. The van der Waals surface area contributed by atoms with Crippen LogP contribution in [0, 0.1) is 0 Å². The van der Waals surface area contributed by atoms with Crippen LogP contribution in [-0.4, -0.2) is 36.3 Å². The van der Waals surface area contributed by atoms with E-state index in [9.17, 15) is 17.4 Å². The highest BCUT2D eigenvalue weighted by molar-refractivity contribution is 7.86. The van der Waals surface area contributed by atoms with Gasteiger partial charge in [0.25, 0.3) is 0 Å². The van der Waals surface area contributed by atoms with E-state index in [4.69, 9.17) is 13.9 Å². The van der Waals surface area contributed by atoms with Crippen LogP contribution in [0.4, 0.5) is 13.2 Å². The van der Waals surface area contributed by atoms with Gasteiger partial charge in [-0.2, -0.15) is 13.2 Å². The lowest BCUT2D eigenvalue weighted by Gasteiger charge is -2.07. The maximum atomic E-state index is 12.5. The summed E-state index contributed by atoms with van der Waals surface area (Å²) in [7, 11) is -3.05. The smallest absolute Gasteiger partial charge is 0.475 e. The second-order valence-electron chi connectivity index (χ2n) is 7.45. The fourth-order valence-corrected chi connectivity index (χ4v) is 3.66. The quantitative estimate of drug-likeness (QED) is 0.262. The summed E-state index contributed by atoms with van der Waals surface area (Å²) >= 11 is 0. The van der Waals surface area contributed by atoms with Crippen molar-refractivity contribution < 1.29 is 31.3 Å². The van der Waals surface area contributed by atoms with E-state index >= 15 is 0 Å². The monoisotopic (exact) mass is 518 g/mol. The second kappa shape index (κ2) is 11.8. The van der Waals surface area contributed by atoms with Crippen LogP contribution >= 0.6 is 0 Å². The molecule has 2 aromatic carbocycles. The molecule has 0 saturated heterocycles. The Morgan fingerprint density at radius 1 is 1.03 bits per heavy atom. The molecular weight excluding hydrogens is 497 g/mol. The minimum Gasteiger partial charge on any atom is -0.487 e. The van der Waals surface area contributed by atoms with Crippen LogP contribution in [0.2, 0.25) is 0 Å². The van der Waals surface area contributed by atoms with Gasteiger partial charge in [0.15, 0.2) is 10.8 Å². The van der Waals surface area contributed by atoms with Crippen molar-refractivity contribution in [2.75, 3.05) is 6.61 Å². The van der Waals surface area contributed by atoms with Crippen molar-refractivity contribution in [2.24, 2.45) is 0 Å². The average molecular weight is 519 g/mol. The maximum Gasteiger partial charge on any atom is 0.475 e. The van der Waals surface area contributed by atoms with Crippen LogP contribution in [0.3, 0.4) is 0 Å². The number of halogens is 3. The molecule has 4 rings (SSSR count). The molecule has 188 valence electrons. The third kappa shape index (κ3) is 7.36. The van der Waals surface area contributed by atoms with Crippen LogP contribution in [0.25, 0.3) is 12.2 Å². The van der Waals surface area contributed by atoms with E-state index in [1.807, 2.05) is 24.3 Å². The zero-order valence-electron chi connectivity index (χ0n) is 18.8. The van der Waals surface area contributed by atoms with Gasteiger partial charge in [-0.05, 0) is 41.5 Å². The van der Waals surface area contributed by atoms with Gasteiger partial charge in [0, 0.05) is 17.2 Å². The number of benzene rings is 2. The Morgan fingerprint density at radius 2 is 1.81 bits per heavy atom. The highest BCUT2D eigenvalue weighted by Crippen LogP contribution is 2.26.